The number of hydrogen-bond acceptors (Lipinski definition) is 4. The van der Waals surface area contributed by atoms with Crippen LogP contribution in [0.3, 0.4) is 0 Å². The second-order valence-electron chi connectivity index (χ2n) is 4.97. The van der Waals surface area contributed by atoms with Crippen LogP contribution < -0.4 is 5.32 Å². The van der Waals surface area contributed by atoms with E-state index < -0.39 is 0 Å². The largest absolute Gasteiger partial charge is 0.396 e. The van der Waals surface area contributed by atoms with Gasteiger partial charge in [0.25, 0.3) is 0 Å². The van der Waals surface area contributed by atoms with E-state index in [2.05, 4.69) is 10.4 Å². The molecule has 1 aromatic carbocycles. The molecule has 0 saturated carbocycles. The summed E-state index contributed by atoms with van der Waals surface area (Å²) in [4.78, 5) is 0. The topological polar surface area (TPSA) is 59.3 Å². The predicted octanol–water partition coefficient (Wildman–Crippen LogP) is 1.29. The normalized spacial score (nSPS) is 16.9. The van der Waals surface area contributed by atoms with E-state index in [1.165, 1.54) is 0 Å². The standard InChI is InChI=1S/C14H17N3O2/c18-9-14(10-19-11-14)8-15-12-4-1-2-5-13(12)17-7-3-6-16-17/h1-7,15,18H,8-11H2. The zero-order chi connectivity index (χ0) is 13.1. The van der Waals surface area contributed by atoms with Crippen LogP contribution >= 0.6 is 0 Å². The Balaban J connectivity index is 1.78. The van der Waals surface area contributed by atoms with Crippen LogP contribution in [-0.2, 0) is 4.74 Å². The van der Waals surface area contributed by atoms with Gasteiger partial charge in [-0.05, 0) is 18.2 Å². The first-order valence-electron chi connectivity index (χ1n) is 6.35. The minimum atomic E-state index is -0.142. The molecule has 100 valence electrons. The summed E-state index contributed by atoms with van der Waals surface area (Å²) in [6, 6.07) is 9.89. The highest BCUT2D eigenvalue weighted by atomic mass is 16.5. The molecule has 0 unspecified atom stereocenters. The van der Waals surface area contributed by atoms with Crippen molar-refractivity contribution in [2.75, 3.05) is 31.7 Å². The molecule has 1 aromatic heterocycles. The molecule has 1 aliphatic rings. The Morgan fingerprint density at radius 2 is 2.16 bits per heavy atom. The van der Waals surface area contributed by atoms with Gasteiger partial charge in [0.1, 0.15) is 0 Å². The molecule has 0 spiro atoms. The van der Waals surface area contributed by atoms with Gasteiger partial charge in [0.05, 0.1) is 36.6 Å². The quantitative estimate of drug-likeness (QED) is 0.849. The number of benzene rings is 1. The highest BCUT2D eigenvalue weighted by molar-refractivity contribution is 5.60. The van der Waals surface area contributed by atoms with Crippen molar-refractivity contribution in [1.29, 1.82) is 0 Å². The van der Waals surface area contributed by atoms with Crippen molar-refractivity contribution >= 4 is 5.69 Å². The number of aromatic nitrogens is 2. The number of rotatable bonds is 5. The third-order valence-electron chi connectivity index (χ3n) is 3.46. The summed E-state index contributed by atoms with van der Waals surface area (Å²) in [5.41, 5.74) is 1.86. The fourth-order valence-corrected chi connectivity index (χ4v) is 2.16. The van der Waals surface area contributed by atoms with Gasteiger partial charge in [0.2, 0.25) is 0 Å². The number of aliphatic hydroxyl groups is 1. The van der Waals surface area contributed by atoms with Crippen molar-refractivity contribution in [1.82, 2.24) is 9.78 Å². The van der Waals surface area contributed by atoms with Crippen molar-refractivity contribution in [2.45, 2.75) is 0 Å². The molecule has 0 bridgehead atoms. The number of nitrogens with one attached hydrogen (secondary N) is 1. The fourth-order valence-electron chi connectivity index (χ4n) is 2.16. The Morgan fingerprint density at radius 1 is 1.32 bits per heavy atom. The second kappa shape index (κ2) is 5.03. The summed E-state index contributed by atoms with van der Waals surface area (Å²) in [7, 11) is 0. The number of anilines is 1. The minimum Gasteiger partial charge on any atom is -0.396 e. The Kier molecular flexibility index (Phi) is 3.23. The summed E-state index contributed by atoms with van der Waals surface area (Å²) in [6.07, 6.45) is 3.67. The fraction of sp³-hybridized carbons (Fsp3) is 0.357. The Morgan fingerprint density at radius 3 is 2.79 bits per heavy atom. The van der Waals surface area contributed by atoms with Crippen LogP contribution in [0.25, 0.3) is 5.69 Å². The van der Waals surface area contributed by atoms with Crippen LogP contribution in [0.1, 0.15) is 0 Å². The zero-order valence-electron chi connectivity index (χ0n) is 10.6. The molecule has 0 aliphatic carbocycles. The van der Waals surface area contributed by atoms with E-state index in [0.717, 1.165) is 11.4 Å². The highest BCUT2D eigenvalue weighted by Gasteiger charge is 2.37. The van der Waals surface area contributed by atoms with E-state index in [1.807, 2.05) is 41.2 Å². The minimum absolute atomic E-state index is 0.142. The van der Waals surface area contributed by atoms with E-state index in [1.54, 1.807) is 6.20 Å². The lowest BCUT2D eigenvalue weighted by molar-refractivity contribution is -0.128. The van der Waals surface area contributed by atoms with Gasteiger partial charge in [-0.3, -0.25) is 0 Å². The number of para-hydroxylation sites is 2. The summed E-state index contributed by atoms with van der Waals surface area (Å²) in [6.45, 7) is 2.06. The molecule has 2 aromatic rings. The number of aliphatic hydroxyl groups excluding tert-OH is 1. The molecular formula is C14H17N3O2. The van der Waals surface area contributed by atoms with E-state index >= 15 is 0 Å². The molecule has 1 saturated heterocycles. The third-order valence-corrected chi connectivity index (χ3v) is 3.46. The van der Waals surface area contributed by atoms with Crippen LogP contribution in [0, 0.1) is 5.41 Å². The molecule has 19 heavy (non-hydrogen) atoms. The lowest BCUT2D eigenvalue weighted by Crippen LogP contribution is -2.50. The monoisotopic (exact) mass is 259 g/mol. The molecular weight excluding hydrogens is 242 g/mol. The van der Waals surface area contributed by atoms with Gasteiger partial charge in [-0.2, -0.15) is 5.10 Å². The van der Waals surface area contributed by atoms with Gasteiger partial charge < -0.3 is 15.2 Å². The number of ether oxygens (including phenoxy) is 1. The summed E-state index contributed by atoms with van der Waals surface area (Å²) < 4.78 is 7.03. The average Bonchev–Trinajstić information content (AvgIpc) is 2.92. The lowest BCUT2D eigenvalue weighted by atomic mass is 9.87. The van der Waals surface area contributed by atoms with Crippen molar-refractivity contribution in [2.24, 2.45) is 5.41 Å². The van der Waals surface area contributed by atoms with Crippen molar-refractivity contribution in [3.05, 3.63) is 42.7 Å². The Hall–Kier alpha value is -1.85. The summed E-state index contributed by atoms with van der Waals surface area (Å²) in [5, 5.41) is 17.1. The van der Waals surface area contributed by atoms with Crippen LogP contribution in [0.4, 0.5) is 5.69 Å². The summed E-state index contributed by atoms with van der Waals surface area (Å²) in [5.74, 6) is 0. The van der Waals surface area contributed by atoms with Crippen LogP contribution in [0.5, 0.6) is 0 Å². The first-order valence-corrected chi connectivity index (χ1v) is 6.35. The van der Waals surface area contributed by atoms with Crippen LogP contribution in [0.15, 0.2) is 42.7 Å². The van der Waals surface area contributed by atoms with Gasteiger partial charge in [-0.25, -0.2) is 4.68 Å². The van der Waals surface area contributed by atoms with Crippen molar-refractivity contribution < 1.29 is 9.84 Å². The van der Waals surface area contributed by atoms with Crippen molar-refractivity contribution in [3.8, 4) is 5.69 Å². The molecule has 0 radical (unpaired) electrons. The average molecular weight is 259 g/mol. The molecule has 0 amide bonds. The molecule has 0 atom stereocenters. The maximum atomic E-state index is 9.43. The highest BCUT2D eigenvalue weighted by Crippen LogP contribution is 2.28. The zero-order valence-corrected chi connectivity index (χ0v) is 10.6. The van der Waals surface area contributed by atoms with E-state index in [9.17, 15) is 5.11 Å². The van der Waals surface area contributed by atoms with Gasteiger partial charge in [0.15, 0.2) is 0 Å². The predicted molar refractivity (Wildman–Crippen MR) is 72.4 cm³/mol. The first-order chi connectivity index (χ1) is 9.33. The molecule has 2 N–H and O–H groups in total. The van der Waals surface area contributed by atoms with E-state index in [4.69, 9.17) is 4.74 Å². The SMILES string of the molecule is OCC1(CNc2ccccc2-n2cccn2)COC1. The van der Waals surface area contributed by atoms with Gasteiger partial charge in [0, 0.05) is 18.9 Å². The maximum Gasteiger partial charge on any atom is 0.0876 e. The number of hydrogen-bond donors (Lipinski definition) is 2. The van der Waals surface area contributed by atoms with Gasteiger partial charge in [-0.1, -0.05) is 12.1 Å². The molecule has 2 heterocycles. The molecule has 5 nitrogen and oxygen atoms in total. The Bertz CT molecular complexity index is 530. The van der Waals surface area contributed by atoms with Gasteiger partial charge in [-0.15, -0.1) is 0 Å². The van der Waals surface area contributed by atoms with E-state index in [0.29, 0.717) is 19.8 Å². The smallest absolute Gasteiger partial charge is 0.0876 e. The molecule has 1 aliphatic heterocycles. The lowest BCUT2D eigenvalue weighted by Gasteiger charge is -2.40. The van der Waals surface area contributed by atoms with Crippen molar-refractivity contribution in [3.63, 3.8) is 0 Å². The Labute approximate surface area is 111 Å². The van der Waals surface area contributed by atoms with Crippen LogP contribution in [-0.4, -0.2) is 41.3 Å². The molecule has 1 fully saturated rings. The maximum absolute atomic E-state index is 9.43. The summed E-state index contributed by atoms with van der Waals surface area (Å²) >= 11 is 0. The second-order valence-corrected chi connectivity index (χ2v) is 4.97. The van der Waals surface area contributed by atoms with Crippen LogP contribution in [0.2, 0.25) is 0 Å². The molecule has 3 rings (SSSR count). The first kappa shape index (κ1) is 12.2. The van der Waals surface area contributed by atoms with Gasteiger partial charge >= 0.3 is 0 Å². The third kappa shape index (κ3) is 2.34. The number of nitrogens with zero attached hydrogens (tertiary/aromatic N) is 2. The van der Waals surface area contributed by atoms with E-state index in [-0.39, 0.29) is 12.0 Å². The molecule has 5 heteroatoms.